The van der Waals surface area contributed by atoms with Crippen molar-refractivity contribution in [2.24, 2.45) is 0 Å². The van der Waals surface area contributed by atoms with Crippen molar-refractivity contribution >= 4 is 28.8 Å². The van der Waals surface area contributed by atoms with Gasteiger partial charge in [0.05, 0.1) is 14.2 Å². The second kappa shape index (κ2) is 7.40. The maximum absolute atomic E-state index is 11.9. The summed E-state index contributed by atoms with van der Waals surface area (Å²) in [7, 11) is 2.96. The minimum Gasteiger partial charge on any atom is -0.496 e. The van der Waals surface area contributed by atoms with Gasteiger partial charge in [0.15, 0.2) is 5.60 Å². The summed E-state index contributed by atoms with van der Waals surface area (Å²) in [4.78, 5) is 23.7. The molecule has 0 radical (unpaired) electrons. The topological polar surface area (TPSA) is 73.9 Å². The molecule has 0 aromatic heterocycles. The quantitative estimate of drug-likeness (QED) is 0.817. The van der Waals surface area contributed by atoms with E-state index in [4.69, 9.17) is 14.2 Å². The second-order valence-electron chi connectivity index (χ2n) is 6.61. The lowest BCUT2D eigenvalue weighted by atomic mass is 9.88. The van der Waals surface area contributed by atoms with Crippen molar-refractivity contribution in [2.45, 2.75) is 25.0 Å². The van der Waals surface area contributed by atoms with E-state index in [1.54, 1.807) is 13.2 Å². The highest BCUT2D eigenvalue weighted by Crippen LogP contribution is 2.38. The number of hydrogen-bond acceptors (Lipinski definition) is 6. The fourth-order valence-corrected chi connectivity index (χ4v) is 3.62. The van der Waals surface area contributed by atoms with Crippen LogP contribution in [0.3, 0.4) is 0 Å². The number of hydrogen-bond donors (Lipinski definition) is 1. The number of ether oxygens (including phenoxy) is 3. The van der Waals surface area contributed by atoms with Crippen LogP contribution < -0.4 is 10.1 Å². The third-order valence-corrected chi connectivity index (χ3v) is 4.93. The second-order valence-corrected chi connectivity index (χ2v) is 6.61. The van der Waals surface area contributed by atoms with Gasteiger partial charge in [-0.25, -0.2) is 0 Å². The first-order chi connectivity index (χ1) is 12.9. The molecule has 0 aliphatic carbocycles. The Morgan fingerprint density at radius 3 is 2.63 bits per heavy atom. The predicted octanol–water partition coefficient (Wildman–Crippen LogP) is 2.78. The van der Waals surface area contributed by atoms with E-state index in [1.807, 2.05) is 30.3 Å². The molecular weight excluding hydrogens is 346 g/mol. The Hall–Kier alpha value is -2.86. The molecule has 2 atom stereocenters. The van der Waals surface area contributed by atoms with Crippen LogP contribution in [0.2, 0.25) is 0 Å². The van der Waals surface area contributed by atoms with Gasteiger partial charge in [0, 0.05) is 25.5 Å². The Kier molecular flexibility index (Phi) is 5.19. The van der Waals surface area contributed by atoms with Crippen LogP contribution >= 0.6 is 0 Å². The smallest absolute Gasteiger partial charge is 0.323 e. The molecule has 142 valence electrons. The standard InChI is InChI=1S/C21H23NO5/c1-5-14-8-16-9-17(7-6-15(16)10-19(14)25-3)21(27-13(2)23)11-18(22-12-21)20(24)26-4/h5-10,18,22H,1,11-12H2,2-4H3/t18-,21+/m0/s1. The molecule has 2 aromatic carbocycles. The SMILES string of the molecule is C=Cc1cc2cc([C@]3(OC(C)=O)CN[C@H](C(=O)OC)C3)ccc2cc1OC. The van der Waals surface area contributed by atoms with Gasteiger partial charge in [0.25, 0.3) is 0 Å². The van der Waals surface area contributed by atoms with Crippen molar-refractivity contribution in [3.8, 4) is 5.75 Å². The molecule has 0 amide bonds. The molecule has 2 aromatic rings. The average Bonchev–Trinajstić information content (AvgIpc) is 3.10. The van der Waals surface area contributed by atoms with E-state index in [2.05, 4.69) is 11.9 Å². The van der Waals surface area contributed by atoms with Gasteiger partial charge < -0.3 is 14.2 Å². The number of methoxy groups -OCH3 is 2. The summed E-state index contributed by atoms with van der Waals surface area (Å²) in [5.74, 6) is -0.0272. The monoisotopic (exact) mass is 369 g/mol. The molecular formula is C21H23NO5. The Morgan fingerprint density at radius 1 is 1.22 bits per heavy atom. The third-order valence-electron chi connectivity index (χ3n) is 4.93. The van der Waals surface area contributed by atoms with Gasteiger partial charge >= 0.3 is 11.9 Å². The fraction of sp³-hybridized carbons (Fsp3) is 0.333. The Balaban J connectivity index is 2.07. The number of fused-ring (bicyclic) bond motifs is 1. The summed E-state index contributed by atoms with van der Waals surface area (Å²) < 4.78 is 15.9. The minimum absolute atomic E-state index is 0.315. The number of esters is 2. The largest absolute Gasteiger partial charge is 0.496 e. The molecule has 6 nitrogen and oxygen atoms in total. The zero-order chi connectivity index (χ0) is 19.6. The van der Waals surface area contributed by atoms with E-state index in [1.165, 1.54) is 14.0 Å². The first kappa shape index (κ1) is 18.9. The molecule has 0 spiro atoms. The van der Waals surface area contributed by atoms with Crippen molar-refractivity contribution in [3.05, 3.63) is 48.0 Å². The van der Waals surface area contributed by atoms with Gasteiger partial charge in [-0.15, -0.1) is 0 Å². The van der Waals surface area contributed by atoms with E-state index in [9.17, 15) is 9.59 Å². The molecule has 1 heterocycles. The number of carbonyl (C=O) groups excluding carboxylic acids is 2. The van der Waals surface area contributed by atoms with E-state index in [0.717, 1.165) is 27.6 Å². The van der Waals surface area contributed by atoms with E-state index >= 15 is 0 Å². The molecule has 0 bridgehead atoms. The third kappa shape index (κ3) is 3.53. The molecule has 1 aliphatic rings. The van der Waals surface area contributed by atoms with Crippen LogP contribution in [0.25, 0.3) is 16.8 Å². The van der Waals surface area contributed by atoms with Crippen molar-refractivity contribution in [1.29, 1.82) is 0 Å². The molecule has 0 unspecified atom stereocenters. The zero-order valence-corrected chi connectivity index (χ0v) is 15.7. The summed E-state index contributed by atoms with van der Waals surface area (Å²) in [5, 5.41) is 5.07. The van der Waals surface area contributed by atoms with Gasteiger partial charge in [0.2, 0.25) is 0 Å². The summed E-state index contributed by atoms with van der Waals surface area (Å²) >= 11 is 0. The molecule has 1 fully saturated rings. The first-order valence-electron chi connectivity index (χ1n) is 8.68. The lowest BCUT2D eigenvalue weighted by Crippen LogP contribution is -2.34. The lowest BCUT2D eigenvalue weighted by molar-refractivity contribution is -0.157. The maximum Gasteiger partial charge on any atom is 0.323 e. The molecule has 3 rings (SSSR count). The van der Waals surface area contributed by atoms with Crippen molar-refractivity contribution < 1.29 is 23.8 Å². The van der Waals surface area contributed by atoms with Crippen LogP contribution in [0, 0.1) is 0 Å². The number of nitrogens with one attached hydrogen (secondary N) is 1. The summed E-state index contributed by atoms with van der Waals surface area (Å²) in [6.45, 7) is 5.53. The highest BCUT2D eigenvalue weighted by molar-refractivity contribution is 5.88. The predicted molar refractivity (Wildman–Crippen MR) is 102 cm³/mol. The van der Waals surface area contributed by atoms with E-state index in [0.29, 0.717) is 13.0 Å². The number of benzene rings is 2. The van der Waals surface area contributed by atoms with Crippen LogP contribution in [0.1, 0.15) is 24.5 Å². The van der Waals surface area contributed by atoms with Gasteiger partial charge in [-0.05, 0) is 34.5 Å². The highest BCUT2D eigenvalue weighted by Gasteiger charge is 2.46. The molecule has 1 aliphatic heterocycles. The van der Waals surface area contributed by atoms with Crippen molar-refractivity contribution in [1.82, 2.24) is 5.32 Å². The number of rotatable bonds is 5. The van der Waals surface area contributed by atoms with Crippen LogP contribution in [-0.4, -0.2) is 38.7 Å². The van der Waals surface area contributed by atoms with E-state index in [-0.39, 0.29) is 5.97 Å². The molecule has 1 saturated heterocycles. The van der Waals surface area contributed by atoms with Gasteiger partial charge in [-0.1, -0.05) is 24.8 Å². The van der Waals surface area contributed by atoms with Crippen LogP contribution in [0.15, 0.2) is 36.9 Å². The lowest BCUT2D eigenvalue weighted by Gasteiger charge is -2.29. The normalized spacial score (nSPS) is 21.7. The Labute approximate surface area is 158 Å². The first-order valence-corrected chi connectivity index (χ1v) is 8.68. The summed E-state index contributed by atoms with van der Waals surface area (Å²) in [6, 6.07) is 9.25. The molecule has 6 heteroatoms. The Morgan fingerprint density at radius 2 is 2.00 bits per heavy atom. The fourth-order valence-electron chi connectivity index (χ4n) is 3.62. The highest BCUT2D eigenvalue weighted by atomic mass is 16.6. The van der Waals surface area contributed by atoms with Crippen molar-refractivity contribution in [3.63, 3.8) is 0 Å². The average molecular weight is 369 g/mol. The van der Waals surface area contributed by atoms with Gasteiger partial charge in [0.1, 0.15) is 11.8 Å². The molecule has 1 N–H and O–H groups in total. The van der Waals surface area contributed by atoms with Gasteiger partial charge in [-0.3, -0.25) is 14.9 Å². The molecule has 0 saturated carbocycles. The summed E-state index contributed by atoms with van der Waals surface area (Å²) in [6.07, 6.45) is 2.05. The summed E-state index contributed by atoms with van der Waals surface area (Å²) in [5.41, 5.74) is 0.776. The van der Waals surface area contributed by atoms with Crippen LogP contribution in [-0.2, 0) is 24.7 Å². The van der Waals surface area contributed by atoms with Crippen LogP contribution in [0.5, 0.6) is 5.75 Å². The zero-order valence-electron chi connectivity index (χ0n) is 15.7. The Bertz CT molecular complexity index is 907. The van der Waals surface area contributed by atoms with Gasteiger partial charge in [-0.2, -0.15) is 0 Å². The maximum atomic E-state index is 11.9. The van der Waals surface area contributed by atoms with Crippen LogP contribution in [0.4, 0.5) is 0 Å². The number of carbonyl (C=O) groups is 2. The minimum atomic E-state index is -0.923. The van der Waals surface area contributed by atoms with E-state index < -0.39 is 17.6 Å². The van der Waals surface area contributed by atoms with Crippen molar-refractivity contribution in [2.75, 3.05) is 20.8 Å². The molecule has 27 heavy (non-hydrogen) atoms.